The van der Waals surface area contributed by atoms with Crippen LogP contribution < -0.4 is 67.9 Å². The molecule has 0 radical (unpaired) electrons. The number of ether oxygens (including phenoxy) is 6. The Morgan fingerprint density at radius 1 is 0.407 bits per heavy atom. The molecule has 18 N–H and O–H groups in total. The van der Waals surface area contributed by atoms with Gasteiger partial charge in [0.2, 0.25) is 36.3 Å². The molecule has 0 bridgehead atoms. The summed E-state index contributed by atoms with van der Waals surface area (Å²) < 4.78 is 31.1. The molecule has 10 aliphatic heterocycles. The number of phenolic OH excluding ortho intramolecular Hbond substituents is 2. The van der Waals surface area contributed by atoms with Crippen molar-refractivity contribution in [2.45, 2.75) is 78.6 Å². The Labute approximate surface area is 702 Å². The van der Waals surface area contributed by atoms with Gasteiger partial charge in [-0.05, 0) is 150 Å². The Morgan fingerprint density at radius 2 is 0.894 bits per heavy atom. The first-order valence-electron chi connectivity index (χ1n) is 37.8. The van der Waals surface area contributed by atoms with Crippen LogP contribution in [0.1, 0.15) is 118 Å². The van der Waals surface area contributed by atoms with Crippen molar-refractivity contribution in [1.82, 2.24) is 26.3 Å². The third-order valence-electron chi connectivity index (χ3n) is 19.5. The Hall–Kier alpha value is -16.2. The van der Waals surface area contributed by atoms with Gasteiger partial charge in [0, 0.05) is 50.7 Å². The van der Waals surface area contributed by atoms with E-state index in [1.165, 1.54) is 18.2 Å². The monoisotopic (exact) mass is 1660 g/mol. The minimum atomic E-state index is -0.268. The summed E-state index contributed by atoms with van der Waals surface area (Å²) in [4.78, 5) is 122. The number of benzene rings is 8. The van der Waals surface area contributed by atoms with Gasteiger partial charge in [-0.15, -0.1) is 0 Å². The maximum absolute atomic E-state index is 11.2. The van der Waals surface area contributed by atoms with Gasteiger partial charge >= 0.3 is 0 Å². The molecule has 10 aliphatic rings. The summed E-state index contributed by atoms with van der Waals surface area (Å²) in [5, 5.41) is 59.1. The predicted molar refractivity (Wildman–Crippen MR) is 454 cm³/mol. The fraction of sp³-hybridized carbons (Fsp3) is 0.193. The molecule has 11 heterocycles. The van der Waals surface area contributed by atoms with E-state index in [2.05, 4.69) is 51.2 Å². The number of rotatable bonds is 4. The van der Waals surface area contributed by atoms with Gasteiger partial charge in [0.1, 0.15) is 75.4 Å². The fourth-order valence-electron chi connectivity index (χ4n) is 13.7. The number of amides is 9. The molecule has 0 fully saturated rings. The van der Waals surface area contributed by atoms with Gasteiger partial charge in [-0.1, -0.05) is 72.8 Å². The van der Waals surface area contributed by atoms with E-state index in [-0.39, 0.29) is 150 Å². The Morgan fingerprint density at radius 3 is 1.56 bits per heavy atom. The second-order valence-corrected chi connectivity index (χ2v) is 27.8. The number of nitrogens with zero attached hydrogens (tertiary/aromatic N) is 6. The molecular formula is C88H84N18O17. The van der Waals surface area contributed by atoms with Crippen LogP contribution in [0, 0.1) is 35.5 Å². The van der Waals surface area contributed by atoms with E-state index >= 15 is 0 Å². The summed E-state index contributed by atoms with van der Waals surface area (Å²) in [6.45, 7) is 6.62. The van der Waals surface area contributed by atoms with Crippen molar-refractivity contribution in [1.29, 1.82) is 21.6 Å². The van der Waals surface area contributed by atoms with Crippen LogP contribution in [0.5, 0.6) is 40.2 Å². The number of carbonyl (C=O) groups is 9. The number of aromatic nitrogens is 1. The van der Waals surface area contributed by atoms with Crippen LogP contribution in [0.4, 0.5) is 0 Å². The molecule has 9 amide bonds. The number of nitrogens with two attached hydrogens (primary N) is 4. The normalized spacial score (nSPS) is 15.2. The van der Waals surface area contributed by atoms with Gasteiger partial charge in [0.15, 0.2) is 11.5 Å². The van der Waals surface area contributed by atoms with Crippen molar-refractivity contribution in [3.05, 3.63) is 269 Å². The summed E-state index contributed by atoms with van der Waals surface area (Å²) in [6.07, 6.45) is 4.30. The minimum absolute atomic E-state index is 0.0752. The molecule has 35 heteroatoms. The van der Waals surface area contributed by atoms with Crippen molar-refractivity contribution in [2.24, 2.45) is 47.9 Å². The Bertz CT molecular complexity index is 6030. The minimum Gasteiger partial charge on any atom is -0.508 e. The zero-order valence-electron chi connectivity index (χ0n) is 67.3. The lowest BCUT2D eigenvalue weighted by atomic mass is 9.92. The van der Waals surface area contributed by atoms with Crippen LogP contribution in [-0.4, -0.2) is 156 Å². The number of methoxy groups -OCH3 is 3. The first kappa shape index (κ1) is 87.6. The van der Waals surface area contributed by atoms with Gasteiger partial charge in [0.25, 0.3) is 29.5 Å². The molecule has 0 spiro atoms. The number of hydrogen-bond acceptors (Lipinski definition) is 26. The number of fused-ring (bicyclic) bond motifs is 10. The number of pyridine rings is 1. The summed E-state index contributed by atoms with van der Waals surface area (Å²) in [5.74, 6) is 3.85. The predicted octanol–water partition coefficient (Wildman–Crippen LogP) is 5.37. The molecule has 35 nitrogen and oxygen atoms in total. The lowest BCUT2D eigenvalue weighted by molar-refractivity contribution is -0.120. The zero-order valence-corrected chi connectivity index (χ0v) is 67.3. The topological polar surface area (TPSA) is 572 Å². The Balaban J connectivity index is 0.000000135. The molecule has 628 valence electrons. The van der Waals surface area contributed by atoms with E-state index in [1.54, 1.807) is 94.3 Å². The highest BCUT2D eigenvalue weighted by molar-refractivity contribution is 6.16. The number of aliphatic imine (C=N–C) groups is 5. The smallest absolute Gasteiger partial charge is 0.253 e. The summed E-state index contributed by atoms with van der Waals surface area (Å²) in [6, 6.07) is 44.7. The van der Waals surface area contributed by atoms with Gasteiger partial charge in [-0.2, -0.15) is 25.0 Å². The number of aryl methyl sites for hydroxylation is 1. The van der Waals surface area contributed by atoms with Crippen LogP contribution in [0.15, 0.2) is 183 Å². The van der Waals surface area contributed by atoms with Gasteiger partial charge < -0.3 is 82.8 Å². The third kappa shape index (κ3) is 21.6. The molecular weight excluding hydrogens is 1580 g/mol. The van der Waals surface area contributed by atoms with Crippen molar-refractivity contribution in [3.63, 3.8) is 0 Å². The Kier molecular flexibility index (Phi) is 28.0. The molecule has 1 aromatic heterocycles. The first-order chi connectivity index (χ1) is 58.9. The lowest BCUT2D eigenvalue weighted by Gasteiger charge is -2.20. The average molecular weight is 1670 g/mol. The number of aromatic hydroxyl groups is 2. The van der Waals surface area contributed by atoms with Crippen LogP contribution >= 0.6 is 0 Å². The fourth-order valence-corrected chi connectivity index (χ4v) is 13.7. The SMILES string of the molecule is CCOC1=NC(=O)Cc2ccccc21.COc1ccc2c(c1)C(=N)NC(=O)C2.COc1cccc2c1C(=N)NC(=O)C2.COc1cccc2c1CC(=O)NC2=N.Cc1ccc2c(c1C)C(=N)NC(=O)C2.NC1=NC(=O)Cc2cc(O)ccc21.NC1=NC(=O)Cc2cc3c(cc21)OCO3.NC1=NC(=O)Cc2cccc(O)c21.NC1=NC(=O)Cc2ncccc21. The molecule has 9 aromatic rings. The summed E-state index contributed by atoms with van der Waals surface area (Å²) in [7, 11) is 4.69. The van der Waals surface area contributed by atoms with Crippen LogP contribution in [0.3, 0.4) is 0 Å². The second kappa shape index (κ2) is 39.3. The number of amidine groups is 8. The molecule has 0 aliphatic carbocycles. The molecule has 0 saturated carbocycles. The molecule has 0 unspecified atom stereocenters. The first-order valence-corrected chi connectivity index (χ1v) is 37.8. The highest BCUT2D eigenvalue weighted by Gasteiger charge is 2.29. The maximum atomic E-state index is 11.2. The molecule has 123 heavy (non-hydrogen) atoms. The highest BCUT2D eigenvalue weighted by atomic mass is 16.7. The van der Waals surface area contributed by atoms with E-state index in [0.29, 0.717) is 78.1 Å². The van der Waals surface area contributed by atoms with Crippen molar-refractivity contribution in [3.8, 4) is 40.2 Å². The van der Waals surface area contributed by atoms with E-state index < -0.39 is 0 Å². The van der Waals surface area contributed by atoms with Gasteiger partial charge in [-0.3, -0.25) is 69.8 Å². The lowest BCUT2D eigenvalue weighted by Crippen LogP contribution is -2.37. The van der Waals surface area contributed by atoms with Gasteiger partial charge in [0.05, 0.1) is 103 Å². The summed E-state index contributed by atoms with van der Waals surface area (Å²) in [5.41, 5.74) is 38.7. The molecule has 0 atom stereocenters. The van der Waals surface area contributed by atoms with Gasteiger partial charge in [-0.25, -0.2) is 0 Å². The molecule has 0 saturated heterocycles. The number of carbonyl (C=O) groups excluding carboxylic acids is 9. The van der Waals surface area contributed by atoms with E-state index in [9.17, 15) is 48.3 Å². The quantitative estimate of drug-likeness (QED) is 0.105. The third-order valence-corrected chi connectivity index (χ3v) is 19.5. The number of phenols is 2. The van der Waals surface area contributed by atoms with E-state index in [1.807, 2.05) is 87.5 Å². The second-order valence-electron chi connectivity index (χ2n) is 27.8. The van der Waals surface area contributed by atoms with Crippen molar-refractivity contribution < 1.29 is 81.8 Å². The largest absolute Gasteiger partial charge is 0.508 e. The van der Waals surface area contributed by atoms with Crippen LogP contribution in [0.2, 0.25) is 0 Å². The summed E-state index contributed by atoms with van der Waals surface area (Å²) >= 11 is 0. The number of nitrogens with one attached hydrogen (secondary N) is 8. The number of hydrogen-bond donors (Lipinski definition) is 14. The average Bonchev–Trinajstić information content (AvgIpc) is 1.67. The maximum Gasteiger partial charge on any atom is 0.253 e. The van der Waals surface area contributed by atoms with E-state index in [4.69, 9.17) is 78.1 Å². The van der Waals surface area contributed by atoms with Crippen molar-refractivity contribution in [2.75, 3.05) is 34.7 Å². The van der Waals surface area contributed by atoms with Crippen LogP contribution in [-0.2, 0) is 106 Å². The molecule has 19 rings (SSSR count). The molecule has 8 aromatic carbocycles. The van der Waals surface area contributed by atoms with E-state index in [0.717, 1.165) is 100 Å². The zero-order chi connectivity index (χ0) is 88.5. The standard InChI is InChI=1S/C11H12N2O.C11H11NO2.C10H8N2O3.3C10H10N2O2.2C9H8N2O2.C8H7N3O/c1-6-3-4-8-5-9(14)13-11(12)10(8)7(6)2;1-2-14-11-9-6-4-3-5-8(9)7-10(13)12-11;11-10-6-3-8-7(14-4-15-8)1-5(6)2-9(13)12-10;1-14-7-3-2-6-4-9(13)12-10(11)8(6)5-7;1-14-8-4-2-3-6-7(8)5-9(13)12-10(6)11;1-14-7-4-2-3-6-5-8(13)12-10(11)9(6)7;10-9-7-2-1-6(12)3-5(7)4-8(13)11-9;10-9-8-5(4-7(13)11-9)2-1-3-6(8)12;9-8-5-2-1-3-10-6(5)4-7(12)11-8/h3-4H,5H2,1-2H3,(H2,12,13,14);3-6H,2,7H2,1H3;1,3H,2,4H2,(H2,11,12,13);2-3,5H,4H2,1H3,(H2,11,12,13);2*2-4H,5H2,1H3,(H2,11,12,13);2*1-3,12H,4H2,(H2,10,11,13);1-3H,4H2,(H2,9,11,12). The van der Waals surface area contributed by atoms with Crippen LogP contribution in [0.25, 0.3) is 0 Å². The van der Waals surface area contributed by atoms with Crippen molar-refractivity contribution >= 4 is 106 Å². The highest BCUT2D eigenvalue weighted by Crippen LogP contribution is 2.37.